The number of carbonyl (C=O) groups excluding carboxylic acids is 1. The van der Waals surface area contributed by atoms with Gasteiger partial charge in [0.2, 0.25) is 0 Å². The standard InChI is InChI=1S/C10H13ClN2O4/c11-6-2-1-3-7-12-10(14)8-4-5-9(17-8)13(15)16/h4-5H,1-3,6-7H2,(H,12,14). The molecule has 0 aromatic carbocycles. The third kappa shape index (κ3) is 4.44. The first-order valence-electron chi connectivity index (χ1n) is 5.23. The van der Waals surface area contributed by atoms with Crippen molar-refractivity contribution in [1.29, 1.82) is 0 Å². The molecule has 1 rings (SSSR count). The number of halogens is 1. The third-order valence-electron chi connectivity index (χ3n) is 2.09. The van der Waals surface area contributed by atoms with E-state index in [4.69, 9.17) is 16.0 Å². The topological polar surface area (TPSA) is 85.4 Å². The quantitative estimate of drug-likeness (QED) is 0.353. The van der Waals surface area contributed by atoms with Gasteiger partial charge in [-0.05, 0) is 18.9 Å². The van der Waals surface area contributed by atoms with Gasteiger partial charge in [0.15, 0.2) is 5.76 Å². The summed E-state index contributed by atoms with van der Waals surface area (Å²) in [7, 11) is 0. The van der Waals surface area contributed by atoms with Crippen LogP contribution in [0.3, 0.4) is 0 Å². The summed E-state index contributed by atoms with van der Waals surface area (Å²) < 4.78 is 4.75. The SMILES string of the molecule is O=C(NCCCCCCl)c1ccc([N+](=O)[O-])o1. The van der Waals surface area contributed by atoms with E-state index in [0.29, 0.717) is 12.4 Å². The second-order valence-electron chi connectivity index (χ2n) is 3.40. The zero-order valence-corrected chi connectivity index (χ0v) is 9.90. The second-order valence-corrected chi connectivity index (χ2v) is 3.78. The Kier molecular flexibility index (Phi) is 5.48. The molecule has 0 fully saturated rings. The molecule has 0 unspecified atom stereocenters. The fraction of sp³-hybridized carbons (Fsp3) is 0.500. The van der Waals surface area contributed by atoms with Crippen LogP contribution in [0.2, 0.25) is 0 Å². The maximum atomic E-state index is 11.5. The smallest absolute Gasteiger partial charge is 0.395 e. The number of nitrogens with one attached hydrogen (secondary N) is 1. The summed E-state index contributed by atoms with van der Waals surface area (Å²) in [4.78, 5) is 21.1. The minimum absolute atomic E-state index is 0.0472. The van der Waals surface area contributed by atoms with E-state index in [0.717, 1.165) is 25.3 Å². The molecule has 1 aromatic heterocycles. The minimum Gasteiger partial charge on any atom is -0.395 e. The zero-order valence-electron chi connectivity index (χ0n) is 9.15. The van der Waals surface area contributed by atoms with Gasteiger partial charge in [-0.1, -0.05) is 6.42 Å². The number of nitrogens with zero attached hydrogens (tertiary/aromatic N) is 1. The van der Waals surface area contributed by atoms with Crippen LogP contribution in [0.1, 0.15) is 29.8 Å². The maximum Gasteiger partial charge on any atom is 0.433 e. The third-order valence-corrected chi connectivity index (χ3v) is 2.36. The molecule has 0 aliphatic carbocycles. The van der Waals surface area contributed by atoms with Crippen molar-refractivity contribution in [1.82, 2.24) is 5.32 Å². The number of amides is 1. The highest BCUT2D eigenvalue weighted by atomic mass is 35.5. The average Bonchev–Trinajstić information content (AvgIpc) is 2.78. The molecule has 94 valence electrons. The van der Waals surface area contributed by atoms with Crippen molar-refractivity contribution in [2.45, 2.75) is 19.3 Å². The van der Waals surface area contributed by atoms with Gasteiger partial charge in [0.05, 0.1) is 6.07 Å². The molecule has 0 spiro atoms. The molecule has 0 saturated carbocycles. The summed E-state index contributed by atoms with van der Waals surface area (Å²) in [6, 6.07) is 2.44. The van der Waals surface area contributed by atoms with E-state index in [1.54, 1.807) is 0 Å². The number of hydrogen-bond acceptors (Lipinski definition) is 4. The van der Waals surface area contributed by atoms with Gasteiger partial charge in [0.25, 0.3) is 5.91 Å². The highest BCUT2D eigenvalue weighted by Gasteiger charge is 2.16. The van der Waals surface area contributed by atoms with E-state index in [1.807, 2.05) is 0 Å². The molecule has 0 bridgehead atoms. The number of carbonyl (C=O) groups is 1. The van der Waals surface area contributed by atoms with Crippen LogP contribution in [-0.4, -0.2) is 23.3 Å². The first-order chi connectivity index (χ1) is 8.15. The summed E-state index contributed by atoms with van der Waals surface area (Å²) in [5, 5.41) is 12.9. The molecule has 17 heavy (non-hydrogen) atoms. The van der Waals surface area contributed by atoms with Gasteiger partial charge >= 0.3 is 5.88 Å². The van der Waals surface area contributed by atoms with Crippen LogP contribution in [0.4, 0.5) is 5.88 Å². The molecular weight excluding hydrogens is 248 g/mol. The van der Waals surface area contributed by atoms with E-state index < -0.39 is 16.7 Å². The Hall–Kier alpha value is -1.56. The fourth-order valence-electron chi connectivity index (χ4n) is 1.23. The predicted molar refractivity (Wildman–Crippen MR) is 62.3 cm³/mol. The van der Waals surface area contributed by atoms with Gasteiger partial charge in [-0.2, -0.15) is 0 Å². The summed E-state index contributed by atoms with van der Waals surface area (Å²) in [6.45, 7) is 0.504. The average molecular weight is 261 g/mol. The molecule has 0 saturated heterocycles. The van der Waals surface area contributed by atoms with Gasteiger partial charge in [0.1, 0.15) is 4.92 Å². The molecule has 1 amide bonds. The van der Waals surface area contributed by atoms with Gasteiger partial charge in [-0.25, -0.2) is 0 Å². The lowest BCUT2D eigenvalue weighted by Crippen LogP contribution is -2.23. The van der Waals surface area contributed by atoms with Crippen LogP contribution >= 0.6 is 11.6 Å². The van der Waals surface area contributed by atoms with Crippen LogP contribution in [0.25, 0.3) is 0 Å². The van der Waals surface area contributed by atoms with E-state index in [2.05, 4.69) is 5.32 Å². The van der Waals surface area contributed by atoms with Crippen LogP contribution in [0.5, 0.6) is 0 Å². The molecule has 0 atom stereocenters. The Morgan fingerprint density at radius 1 is 1.41 bits per heavy atom. The van der Waals surface area contributed by atoms with Crippen molar-refractivity contribution in [3.05, 3.63) is 28.0 Å². The van der Waals surface area contributed by atoms with Crippen molar-refractivity contribution in [2.75, 3.05) is 12.4 Å². The van der Waals surface area contributed by atoms with E-state index in [9.17, 15) is 14.9 Å². The second kappa shape index (κ2) is 6.90. The molecular formula is C10H13ClN2O4. The van der Waals surface area contributed by atoms with Gasteiger partial charge in [-0.3, -0.25) is 14.9 Å². The molecule has 0 radical (unpaired) electrons. The summed E-state index contributed by atoms with van der Waals surface area (Å²) in [5.74, 6) is -0.312. The number of nitro groups is 1. The zero-order chi connectivity index (χ0) is 12.7. The van der Waals surface area contributed by atoms with Crippen LogP contribution < -0.4 is 5.32 Å². The molecule has 6 nitrogen and oxygen atoms in total. The van der Waals surface area contributed by atoms with Crippen LogP contribution in [0, 0.1) is 10.1 Å². The Labute approximate surface area is 103 Å². The number of alkyl halides is 1. The van der Waals surface area contributed by atoms with Crippen molar-refractivity contribution in [3.8, 4) is 0 Å². The van der Waals surface area contributed by atoms with Crippen molar-refractivity contribution in [2.24, 2.45) is 0 Å². The van der Waals surface area contributed by atoms with E-state index in [-0.39, 0.29) is 5.76 Å². The molecule has 1 N–H and O–H groups in total. The monoisotopic (exact) mass is 260 g/mol. The Bertz CT molecular complexity index is 391. The molecule has 0 aliphatic heterocycles. The highest BCUT2D eigenvalue weighted by Crippen LogP contribution is 2.15. The Morgan fingerprint density at radius 3 is 2.76 bits per heavy atom. The van der Waals surface area contributed by atoms with E-state index in [1.165, 1.54) is 6.07 Å². The van der Waals surface area contributed by atoms with Crippen molar-refractivity contribution < 1.29 is 14.1 Å². The Morgan fingerprint density at radius 2 is 2.18 bits per heavy atom. The maximum absolute atomic E-state index is 11.5. The van der Waals surface area contributed by atoms with E-state index >= 15 is 0 Å². The highest BCUT2D eigenvalue weighted by molar-refractivity contribution is 6.17. The molecule has 0 aliphatic rings. The number of rotatable bonds is 7. The lowest BCUT2D eigenvalue weighted by molar-refractivity contribution is -0.402. The van der Waals surface area contributed by atoms with Gasteiger partial charge < -0.3 is 9.73 Å². The van der Waals surface area contributed by atoms with Crippen molar-refractivity contribution >= 4 is 23.4 Å². The van der Waals surface area contributed by atoms with Gasteiger partial charge in [-0.15, -0.1) is 11.6 Å². The van der Waals surface area contributed by atoms with Crippen LogP contribution in [0.15, 0.2) is 16.5 Å². The summed E-state index contributed by atoms with van der Waals surface area (Å²) in [5.41, 5.74) is 0. The van der Waals surface area contributed by atoms with Gasteiger partial charge in [0, 0.05) is 12.4 Å². The predicted octanol–water partition coefficient (Wildman–Crippen LogP) is 2.33. The normalized spacial score (nSPS) is 10.2. The van der Waals surface area contributed by atoms with Crippen molar-refractivity contribution in [3.63, 3.8) is 0 Å². The summed E-state index contributed by atoms with van der Waals surface area (Å²) >= 11 is 5.51. The Balaban J connectivity index is 2.34. The summed E-state index contributed by atoms with van der Waals surface area (Å²) in [6.07, 6.45) is 2.66. The lowest BCUT2D eigenvalue weighted by atomic mass is 10.2. The van der Waals surface area contributed by atoms with Crippen LogP contribution in [-0.2, 0) is 0 Å². The molecule has 1 aromatic rings. The number of unbranched alkanes of at least 4 members (excludes halogenated alkanes) is 2. The molecule has 1 heterocycles. The largest absolute Gasteiger partial charge is 0.433 e. The minimum atomic E-state index is -0.683. The first kappa shape index (κ1) is 13.5. The number of furan rings is 1. The first-order valence-corrected chi connectivity index (χ1v) is 5.77. The lowest BCUT2D eigenvalue weighted by Gasteiger charge is -2.01. The molecule has 7 heteroatoms. The number of hydrogen-bond donors (Lipinski definition) is 1. The fourth-order valence-corrected chi connectivity index (χ4v) is 1.42.